The number of imidazole rings is 1. The zero-order valence-corrected chi connectivity index (χ0v) is 9.38. The topological polar surface area (TPSA) is 29.9 Å². The van der Waals surface area contributed by atoms with Crippen molar-refractivity contribution in [2.24, 2.45) is 0 Å². The highest BCUT2D eigenvalue weighted by molar-refractivity contribution is 5.02. The van der Waals surface area contributed by atoms with Gasteiger partial charge in [0.25, 0.3) is 0 Å². The smallest absolute Gasteiger partial charge is 0.333 e. The number of rotatable bonds is 5. The van der Waals surface area contributed by atoms with Gasteiger partial charge in [0.1, 0.15) is 5.82 Å². The molecule has 92 valence electrons. The summed E-state index contributed by atoms with van der Waals surface area (Å²) in [4.78, 5) is 3.80. The molecule has 0 fully saturated rings. The second kappa shape index (κ2) is 5.34. The van der Waals surface area contributed by atoms with Gasteiger partial charge in [-0.05, 0) is 13.0 Å². The summed E-state index contributed by atoms with van der Waals surface area (Å²) < 4.78 is 39.9. The Kier molecular flexibility index (Phi) is 4.35. The van der Waals surface area contributed by atoms with Gasteiger partial charge in [-0.15, -0.1) is 0 Å². The summed E-state index contributed by atoms with van der Waals surface area (Å²) in [5.74, 6) is 0.0381. The molecule has 0 saturated heterocycles. The second-order valence-corrected chi connectivity index (χ2v) is 3.51. The minimum absolute atomic E-state index is 0.0381. The molecule has 1 N–H and O–H groups in total. The molecule has 0 aromatic carbocycles. The van der Waals surface area contributed by atoms with Crippen molar-refractivity contribution in [2.45, 2.75) is 39.0 Å². The predicted molar refractivity (Wildman–Crippen MR) is 55.0 cm³/mol. The lowest BCUT2D eigenvalue weighted by Crippen LogP contribution is -2.36. The SMILES string of the molecule is CCCn1ccnc1C(NCC)C(F)(F)F. The standard InChI is InChI=1S/C10H16F3N3/c1-3-6-16-7-5-15-9(16)8(14-4-2)10(11,12)13/h5,7-8,14H,3-4,6H2,1-2H3. The normalized spacial score (nSPS) is 14.1. The van der Waals surface area contributed by atoms with Gasteiger partial charge in [-0.3, -0.25) is 0 Å². The quantitative estimate of drug-likeness (QED) is 0.849. The Morgan fingerprint density at radius 3 is 2.62 bits per heavy atom. The first-order valence-corrected chi connectivity index (χ1v) is 5.31. The van der Waals surface area contributed by atoms with Crippen LogP contribution in [-0.4, -0.2) is 22.3 Å². The van der Waals surface area contributed by atoms with Gasteiger partial charge in [-0.25, -0.2) is 4.98 Å². The molecule has 0 radical (unpaired) electrons. The van der Waals surface area contributed by atoms with Crippen LogP contribution in [0.5, 0.6) is 0 Å². The number of halogens is 3. The first-order chi connectivity index (χ1) is 7.50. The van der Waals surface area contributed by atoms with Crippen LogP contribution in [-0.2, 0) is 6.54 Å². The van der Waals surface area contributed by atoms with E-state index in [0.717, 1.165) is 6.42 Å². The van der Waals surface area contributed by atoms with Crippen LogP contribution in [0.2, 0.25) is 0 Å². The fourth-order valence-corrected chi connectivity index (χ4v) is 1.57. The van der Waals surface area contributed by atoms with Crippen LogP contribution in [0, 0.1) is 0 Å². The average molecular weight is 235 g/mol. The average Bonchev–Trinajstić information content (AvgIpc) is 2.61. The first kappa shape index (κ1) is 13.0. The Morgan fingerprint density at radius 1 is 1.44 bits per heavy atom. The van der Waals surface area contributed by atoms with Crippen LogP contribution >= 0.6 is 0 Å². The van der Waals surface area contributed by atoms with E-state index in [2.05, 4.69) is 10.3 Å². The van der Waals surface area contributed by atoms with Crippen molar-refractivity contribution in [3.05, 3.63) is 18.2 Å². The Balaban J connectivity index is 2.96. The monoisotopic (exact) mass is 235 g/mol. The minimum Gasteiger partial charge on any atom is -0.333 e. The molecule has 0 amide bonds. The highest BCUT2D eigenvalue weighted by atomic mass is 19.4. The number of hydrogen-bond acceptors (Lipinski definition) is 2. The number of hydrogen-bond donors (Lipinski definition) is 1. The van der Waals surface area contributed by atoms with Crippen molar-refractivity contribution in [3.63, 3.8) is 0 Å². The van der Waals surface area contributed by atoms with Gasteiger partial charge in [0.05, 0.1) is 0 Å². The molecule has 3 nitrogen and oxygen atoms in total. The first-order valence-electron chi connectivity index (χ1n) is 5.31. The van der Waals surface area contributed by atoms with E-state index >= 15 is 0 Å². The van der Waals surface area contributed by atoms with Gasteiger partial charge in [0.2, 0.25) is 0 Å². The summed E-state index contributed by atoms with van der Waals surface area (Å²) in [5, 5.41) is 2.42. The van der Waals surface area contributed by atoms with E-state index in [-0.39, 0.29) is 12.4 Å². The van der Waals surface area contributed by atoms with Crippen molar-refractivity contribution < 1.29 is 13.2 Å². The molecule has 0 aliphatic rings. The van der Waals surface area contributed by atoms with E-state index in [0.29, 0.717) is 6.54 Å². The van der Waals surface area contributed by atoms with Crippen LogP contribution in [0.25, 0.3) is 0 Å². The Hall–Kier alpha value is -1.04. The summed E-state index contributed by atoms with van der Waals surface area (Å²) in [7, 11) is 0. The lowest BCUT2D eigenvalue weighted by molar-refractivity contribution is -0.159. The molecular weight excluding hydrogens is 219 g/mol. The molecule has 0 bridgehead atoms. The molecule has 0 aliphatic heterocycles. The molecule has 1 unspecified atom stereocenters. The number of aromatic nitrogens is 2. The van der Waals surface area contributed by atoms with Crippen molar-refractivity contribution >= 4 is 0 Å². The number of nitrogens with zero attached hydrogens (tertiary/aromatic N) is 2. The van der Waals surface area contributed by atoms with Crippen molar-refractivity contribution in [2.75, 3.05) is 6.54 Å². The number of alkyl halides is 3. The lowest BCUT2D eigenvalue weighted by atomic mass is 10.2. The fourth-order valence-electron chi connectivity index (χ4n) is 1.57. The van der Waals surface area contributed by atoms with E-state index in [1.165, 1.54) is 6.20 Å². The van der Waals surface area contributed by atoms with Gasteiger partial charge in [-0.2, -0.15) is 13.2 Å². The van der Waals surface area contributed by atoms with E-state index in [1.54, 1.807) is 17.7 Å². The zero-order chi connectivity index (χ0) is 12.2. The molecule has 1 heterocycles. The van der Waals surface area contributed by atoms with E-state index in [9.17, 15) is 13.2 Å². The van der Waals surface area contributed by atoms with Crippen molar-refractivity contribution in [1.82, 2.24) is 14.9 Å². The minimum atomic E-state index is -4.31. The van der Waals surface area contributed by atoms with Crippen LogP contribution in [0.15, 0.2) is 12.4 Å². The van der Waals surface area contributed by atoms with Gasteiger partial charge < -0.3 is 9.88 Å². The van der Waals surface area contributed by atoms with Gasteiger partial charge >= 0.3 is 6.18 Å². The fraction of sp³-hybridized carbons (Fsp3) is 0.700. The van der Waals surface area contributed by atoms with Crippen LogP contribution < -0.4 is 5.32 Å². The maximum absolute atomic E-state index is 12.8. The molecular formula is C10H16F3N3. The summed E-state index contributed by atoms with van der Waals surface area (Å²) in [6.07, 6.45) is -0.553. The summed E-state index contributed by atoms with van der Waals surface area (Å²) in [5.41, 5.74) is 0. The Labute approximate surface area is 92.7 Å². The Bertz CT molecular complexity index is 319. The second-order valence-electron chi connectivity index (χ2n) is 3.51. The largest absolute Gasteiger partial charge is 0.410 e. The highest BCUT2D eigenvalue weighted by Gasteiger charge is 2.42. The van der Waals surface area contributed by atoms with Crippen LogP contribution in [0.3, 0.4) is 0 Å². The van der Waals surface area contributed by atoms with Crippen LogP contribution in [0.1, 0.15) is 32.1 Å². The van der Waals surface area contributed by atoms with Crippen LogP contribution in [0.4, 0.5) is 13.2 Å². The van der Waals surface area contributed by atoms with E-state index in [1.807, 2.05) is 6.92 Å². The molecule has 0 aliphatic carbocycles. The summed E-state index contributed by atoms with van der Waals surface area (Å²) >= 11 is 0. The van der Waals surface area contributed by atoms with E-state index < -0.39 is 12.2 Å². The maximum Gasteiger partial charge on any atom is 0.410 e. The third-order valence-electron chi connectivity index (χ3n) is 2.21. The molecule has 0 spiro atoms. The molecule has 16 heavy (non-hydrogen) atoms. The molecule has 0 saturated carbocycles. The zero-order valence-electron chi connectivity index (χ0n) is 9.38. The number of aryl methyl sites for hydroxylation is 1. The molecule has 1 atom stereocenters. The summed E-state index contributed by atoms with van der Waals surface area (Å²) in [6.45, 7) is 4.36. The van der Waals surface area contributed by atoms with Gasteiger partial charge in [0, 0.05) is 18.9 Å². The molecule has 1 rings (SSSR count). The highest BCUT2D eigenvalue weighted by Crippen LogP contribution is 2.31. The number of nitrogens with one attached hydrogen (secondary N) is 1. The van der Waals surface area contributed by atoms with Crippen molar-refractivity contribution in [1.29, 1.82) is 0 Å². The van der Waals surface area contributed by atoms with E-state index in [4.69, 9.17) is 0 Å². The molecule has 1 aromatic rings. The predicted octanol–water partition coefficient (Wildman–Crippen LogP) is 2.51. The third kappa shape index (κ3) is 2.98. The third-order valence-corrected chi connectivity index (χ3v) is 2.21. The Morgan fingerprint density at radius 2 is 2.12 bits per heavy atom. The van der Waals surface area contributed by atoms with Gasteiger partial charge in [-0.1, -0.05) is 13.8 Å². The van der Waals surface area contributed by atoms with Gasteiger partial charge in [0.15, 0.2) is 6.04 Å². The summed E-state index contributed by atoms with van der Waals surface area (Å²) in [6, 6.07) is -1.68. The maximum atomic E-state index is 12.8. The molecule has 1 aromatic heterocycles. The van der Waals surface area contributed by atoms with Crippen molar-refractivity contribution in [3.8, 4) is 0 Å². The molecule has 6 heteroatoms. The lowest BCUT2D eigenvalue weighted by Gasteiger charge is -2.21.